The minimum absolute atomic E-state index is 0.125. The van der Waals surface area contributed by atoms with Crippen LogP contribution in [0.3, 0.4) is 0 Å². The summed E-state index contributed by atoms with van der Waals surface area (Å²) >= 11 is 0. The SMILES string of the molecule is COC(C)(C)C#Cc1cc2c(cc1OC(F)F)-c1cc(=O)c(C(=O)O)cn1N1[C@@H]2CCC1(C)C. The fourth-order valence-electron chi connectivity index (χ4n) is 4.60. The van der Waals surface area contributed by atoms with E-state index in [9.17, 15) is 23.5 Å². The van der Waals surface area contributed by atoms with Crippen molar-refractivity contribution >= 4 is 5.97 Å². The van der Waals surface area contributed by atoms with Crippen molar-refractivity contribution in [2.75, 3.05) is 12.1 Å². The third-order valence-corrected chi connectivity index (χ3v) is 6.45. The Labute approximate surface area is 195 Å². The summed E-state index contributed by atoms with van der Waals surface area (Å²) in [5, 5.41) is 11.5. The van der Waals surface area contributed by atoms with Crippen LogP contribution in [0.5, 0.6) is 5.75 Å². The Hall–Kier alpha value is -3.38. The number of benzene rings is 1. The minimum Gasteiger partial charge on any atom is -0.477 e. The summed E-state index contributed by atoms with van der Waals surface area (Å²) < 4.78 is 38.3. The number of hydrogen-bond acceptors (Lipinski definition) is 5. The van der Waals surface area contributed by atoms with Crippen molar-refractivity contribution in [2.24, 2.45) is 0 Å². The molecule has 0 spiro atoms. The Morgan fingerprint density at radius 3 is 2.62 bits per heavy atom. The third kappa shape index (κ3) is 4.03. The summed E-state index contributed by atoms with van der Waals surface area (Å²) in [5.41, 5.74) is -0.131. The highest BCUT2D eigenvalue weighted by Gasteiger charge is 2.45. The maximum Gasteiger partial charge on any atom is 0.387 e. The van der Waals surface area contributed by atoms with Gasteiger partial charge >= 0.3 is 12.6 Å². The van der Waals surface area contributed by atoms with Crippen LogP contribution >= 0.6 is 0 Å². The topological polar surface area (TPSA) is 81.0 Å². The number of carboxylic acids is 1. The van der Waals surface area contributed by atoms with Crippen molar-refractivity contribution in [3.8, 4) is 28.8 Å². The molecule has 2 aliphatic rings. The number of alkyl halides is 2. The number of carbonyl (C=O) groups is 1. The van der Waals surface area contributed by atoms with E-state index >= 15 is 0 Å². The normalized spacial score (nSPS) is 18.0. The number of pyridine rings is 1. The van der Waals surface area contributed by atoms with Crippen LogP contribution in [0.4, 0.5) is 8.78 Å². The Bertz CT molecular complexity index is 1290. The van der Waals surface area contributed by atoms with E-state index in [0.717, 1.165) is 18.4 Å². The zero-order valence-corrected chi connectivity index (χ0v) is 19.6. The van der Waals surface area contributed by atoms with Gasteiger partial charge in [0.15, 0.2) is 5.43 Å². The van der Waals surface area contributed by atoms with Gasteiger partial charge in [0, 0.05) is 24.9 Å². The molecule has 0 saturated carbocycles. The van der Waals surface area contributed by atoms with Crippen LogP contribution in [0.1, 0.15) is 68.1 Å². The van der Waals surface area contributed by atoms with Crippen LogP contribution < -0.4 is 15.2 Å². The van der Waals surface area contributed by atoms with Crippen molar-refractivity contribution in [3.63, 3.8) is 0 Å². The highest BCUT2D eigenvalue weighted by atomic mass is 19.3. The molecule has 0 aliphatic carbocycles. The predicted octanol–water partition coefficient (Wildman–Crippen LogP) is 4.16. The Balaban J connectivity index is 2.01. The minimum atomic E-state index is -3.07. The molecule has 180 valence electrons. The lowest BCUT2D eigenvalue weighted by molar-refractivity contribution is -0.0500. The molecule has 0 radical (unpaired) electrons. The van der Waals surface area contributed by atoms with Crippen LogP contribution in [0.15, 0.2) is 29.2 Å². The molecule has 1 aromatic carbocycles. The van der Waals surface area contributed by atoms with Crippen molar-refractivity contribution < 1.29 is 28.2 Å². The summed E-state index contributed by atoms with van der Waals surface area (Å²) in [5.74, 6) is 4.41. The number of ether oxygens (including phenoxy) is 2. The van der Waals surface area contributed by atoms with E-state index in [4.69, 9.17) is 9.47 Å². The summed E-state index contributed by atoms with van der Waals surface area (Å²) in [7, 11) is 1.51. The number of methoxy groups -OCH3 is 1. The molecule has 4 rings (SSSR count). The highest BCUT2D eigenvalue weighted by molar-refractivity contribution is 5.88. The number of rotatable bonds is 4. The second kappa shape index (κ2) is 8.13. The fraction of sp³-hybridized carbons (Fsp3) is 0.440. The summed E-state index contributed by atoms with van der Waals surface area (Å²) in [6.07, 6.45) is 2.86. The van der Waals surface area contributed by atoms with Crippen LogP contribution in [-0.4, -0.2) is 40.6 Å². The zero-order chi connectivity index (χ0) is 25.0. The number of aromatic nitrogens is 1. The number of aromatic carboxylic acids is 1. The quantitative estimate of drug-likeness (QED) is 0.674. The lowest BCUT2D eigenvalue weighted by atomic mass is 9.91. The van der Waals surface area contributed by atoms with Gasteiger partial charge in [0.05, 0.1) is 22.8 Å². The van der Waals surface area contributed by atoms with Crippen molar-refractivity contribution in [1.29, 1.82) is 0 Å². The maximum absolute atomic E-state index is 13.3. The molecule has 0 unspecified atom stereocenters. The Morgan fingerprint density at radius 2 is 2.00 bits per heavy atom. The van der Waals surface area contributed by atoms with Gasteiger partial charge in [0.25, 0.3) is 0 Å². The molecule has 1 atom stereocenters. The summed E-state index contributed by atoms with van der Waals surface area (Å²) in [4.78, 5) is 24.2. The first-order chi connectivity index (χ1) is 15.8. The van der Waals surface area contributed by atoms with Gasteiger partial charge in [-0.05, 0) is 58.2 Å². The monoisotopic (exact) mass is 472 g/mol. The van der Waals surface area contributed by atoms with Crippen LogP contribution in [-0.2, 0) is 4.74 Å². The molecule has 0 bridgehead atoms. The number of carboxylic acid groups (broad SMARTS) is 1. The molecule has 2 aromatic rings. The largest absolute Gasteiger partial charge is 0.477 e. The molecule has 1 N–H and O–H groups in total. The molecule has 7 nitrogen and oxygen atoms in total. The van der Waals surface area contributed by atoms with E-state index in [0.29, 0.717) is 11.3 Å². The van der Waals surface area contributed by atoms with Gasteiger partial charge in [0.2, 0.25) is 0 Å². The first-order valence-electron chi connectivity index (χ1n) is 10.9. The predicted molar refractivity (Wildman–Crippen MR) is 122 cm³/mol. The molecular formula is C25H26F2N2O5. The van der Waals surface area contributed by atoms with Crippen molar-refractivity contribution in [3.05, 3.63) is 51.3 Å². The van der Waals surface area contributed by atoms with E-state index in [1.807, 2.05) is 18.9 Å². The van der Waals surface area contributed by atoms with Gasteiger partial charge in [-0.2, -0.15) is 8.78 Å². The van der Waals surface area contributed by atoms with Gasteiger partial charge in [-0.25, -0.2) is 4.79 Å². The average molecular weight is 472 g/mol. The zero-order valence-electron chi connectivity index (χ0n) is 19.6. The van der Waals surface area contributed by atoms with Crippen LogP contribution in [0.2, 0.25) is 0 Å². The first kappa shape index (κ1) is 23.8. The molecule has 0 amide bonds. The molecule has 1 fully saturated rings. The van der Waals surface area contributed by atoms with Crippen molar-refractivity contribution in [2.45, 2.75) is 64.3 Å². The molecule has 1 aromatic heterocycles. The second-order valence-electron chi connectivity index (χ2n) is 9.58. The van der Waals surface area contributed by atoms with Crippen LogP contribution in [0.25, 0.3) is 11.3 Å². The van der Waals surface area contributed by atoms with E-state index in [2.05, 4.69) is 11.8 Å². The maximum atomic E-state index is 13.3. The van der Waals surface area contributed by atoms with Gasteiger partial charge in [-0.1, -0.05) is 11.8 Å². The number of halogens is 2. The molecule has 2 aliphatic heterocycles. The molecule has 1 saturated heterocycles. The Morgan fingerprint density at radius 1 is 1.29 bits per heavy atom. The molecule has 9 heteroatoms. The standard InChI is InChI=1S/C25H26F2N2O5/c1-24(2)8-7-18-15-10-14(6-9-25(3,4)33-5)21(34-23(26)27)11-16(15)19-12-20(30)17(22(31)32)13-28(19)29(18)24/h10-13,18,23H,7-8H2,1-5H3,(H,31,32)/t18-/m1/s1. The van der Waals surface area contributed by atoms with E-state index < -0.39 is 23.6 Å². The molecular weight excluding hydrogens is 446 g/mol. The van der Waals surface area contributed by atoms with Gasteiger partial charge in [0.1, 0.15) is 16.9 Å². The summed E-state index contributed by atoms with van der Waals surface area (Å²) in [6, 6.07) is 4.25. The van der Waals surface area contributed by atoms with E-state index in [1.54, 1.807) is 24.6 Å². The molecule has 34 heavy (non-hydrogen) atoms. The van der Waals surface area contributed by atoms with Gasteiger partial charge < -0.3 is 14.6 Å². The smallest absolute Gasteiger partial charge is 0.387 e. The number of hydrogen-bond donors (Lipinski definition) is 1. The number of nitrogens with zero attached hydrogens (tertiary/aromatic N) is 2. The lowest BCUT2D eigenvalue weighted by Crippen LogP contribution is -2.50. The Kier molecular flexibility index (Phi) is 5.68. The first-order valence-corrected chi connectivity index (χ1v) is 10.9. The summed E-state index contributed by atoms with van der Waals surface area (Å²) in [6.45, 7) is 4.52. The number of fused-ring (bicyclic) bond motifs is 6. The van der Waals surface area contributed by atoms with E-state index in [-0.39, 0.29) is 28.5 Å². The van der Waals surface area contributed by atoms with Gasteiger partial charge in [-0.15, -0.1) is 0 Å². The third-order valence-electron chi connectivity index (χ3n) is 6.45. The highest BCUT2D eigenvalue weighted by Crippen LogP contribution is 2.49. The molecule has 3 heterocycles. The average Bonchev–Trinajstić information content (AvgIpc) is 3.07. The second-order valence-corrected chi connectivity index (χ2v) is 9.58. The van der Waals surface area contributed by atoms with Crippen LogP contribution in [0, 0.1) is 11.8 Å². The lowest BCUT2D eigenvalue weighted by Gasteiger charge is -2.44. The van der Waals surface area contributed by atoms with Gasteiger partial charge in [-0.3, -0.25) is 14.5 Å². The van der Waals surface area contributed by atoms with Crippen molar-refractivity contribution in [1.82, 2.24) is 4.68 Å². The fourth-order valence-corrected chi connectivity index (χ4v) is 4.60. The van der Waals surface area contributed by atoms with E-state index in [1.165, 1.54) is 25.4 Å².